The Morgan fingerprint density at radius 3 is 2.95 bits per heavy atom. The topological polar surface area (TPSA) is 52.7 Å². The number of thiophene rings is 1. The molecule has 3 heterocycles. The van der Waals surface area contributed by atoms with E-state index in [1.807, 2.05) is 21.7 Å². The Kier molecular flexibility index (Phi) is 3.06. The van der Waals surface area contributed by atoms with Crippen LogP contribution in [0.3, 0.4) is 0 Å². The van der Waals surface area contributed by atoms with Crippen LogP contribution in [-0.2, 0) is 9.59 Å². The summed E-state index contributed by atoms with van der Waals surface area (Å²) in [7, 11) is 0. The van der Waals surface area contributed by atoms with Crippen LogP contribution >= 0.6 is 11.3 Å². The molecule has 1 N–H and O–H groups in total. The molecule has 5 nitrogen and oxygen atoms in total. The van der Waals surface area contributed by atoms with Gasteiger partial charge >= 0.3 is 0 Å². The van der Waals surface area contributed by atoms with Crippen LogP contribution in [0.25, 0.3) is 0 Å². The van der Waals surface area contributed by atoms with Crippen LogP contribution in [0.15, 0.2) is 16.8 Å². The molecule has 0 unspecified atom stereocenters. The van der Waals surface area contributed by atoms with E-state index in [4.69, 9.17) is 0 Å². The van der Waals surface area contributed by atoms with E-state index in [0.717, 1.165) is 25.2 Å². The molecule has 2 saturated heterocycles. The molecule has 102 valence electrons. The first kappa shape index (κ1) is 12.6. The van der Waals surface area contributed by atoms with Crippen molar-refractivity contribution in [3.05, 3.63) is 16.8 Å². The summed E-state index contributed by atoms with van der Waals surface area (Å²) in [6, 6.07) is 1.96. The minimum atomic E-state index is -0.234. The van der Waals surface area contributed by atoms with Crippen LogP contribution in [0.2, 0.25) is 0 Å². The maximum Gasteiger partial charge on any atom is 0.246 e. The average Bonchev–Trinajstić information content (AvgIpc) is 3.03. The van der Waals surface area contributed by atoms with E-state index in [2.05, 4.69) is 5.32 Å². The molecule has 3 rings (SSSR count). The molecule has 0 aromatic carbocycles. The summed E-state index contributed by atoms with van der Waals surface area (Å²) >= 11 is 1.58. The van der Waals surface area contributed by atoms with Crippen molar-refractivity contribution >= 4 is 28.8 Å². The first-order valence-corrected chi connectivity index (χ1v) is 7.38. The maximum atomic E-state index is 12.3. The lowest BCUT2D eigenvalue weighted by Crippen LogP contribution is -2.66. The van der Waals surface area contributed by atoms with Crippen LogP contribution in [0.5, 0.6) is 0 Å². The third-order valence-corrected chi connectivity index (χ3v) is 4.71. The van der Waals surface area contributed by atoms with E-state index < -0.39 is 0 Å². The molecule has 0 bridgehead atoms. The predicted molar refractivity (Wildman–Crippen MR) is 74.3 cm³/mol. The predicted octanol–water partition coefficient (Wildman–Crippen LogP) is 0.675. The van der Waals surface area contributed by atoms with Gasteiger partial charge in [-0.05, 0) is 24.4 Å². The van der Waals surface area contributed by atoms with Crippen molar-refractivity contribution in [1.82, 2.24) is 10.2 Å². The van der Waals surface area contributed by atoms with Crippen molar-refractivity contribution in [3.63, 3.8) is 0 Å². The van der Waals surface area contributed by atoms with Gasteiger partial charge in [-0.2, -0.15) is 11.3 Å². The molecular formula is C13H17N3O2S. The SMILES string of the molecule is CC(=O)N1CC(=O)N(c2ccsc2)C[C@]12CCNC2. The highest BCUT2D eigenvalue weighted by Crippen LogP contribution is 2.32. The van der Waals surface area contributed by atoms with Gasteiger partial charge < -0.3 is 15.1 Å². The van der Waals surface area contributed by atoms with Crippen molar-refractivity contribution in [2.45, 2.75) is 18.9 Å². The number of rotatable bonds is 1. The highest BCUT2D eigenvalue weighted by atomic mass is 32.1. The van der Waals surface area contributed by atoms with Crippen molar-refractivity contribution < 1.29 is 9.59 Å². The number of hydrogen-bond acceptors (Lipinski definition) is 4. The van der Waals surface area contributed by atoms with Gasteiger partial charge in [0.25, 0.3) is 0 Å². The van der Waals surface area contributed by atoms with Crippen LogP contribution < -0.4 is 10.2 Å². The Labute approximate surface area is 116 Å². The minimum Gasteiger partial charge on any atom is -0.325 e. The smallest absolute Gasteiger partial charge is 0.246 e. The van der Waals surface area contributed by atoms with Gasteiger partial charge in [0.05, 0.1) is 17.8 Å². The van der Waals surface area contributed by atoms with Gasteiger partial charge in [-0.1, -0.05) is 0 Å². The Balaban J connectivity index is 1.92. The fourth-order valence-electron chi connectivity index (χ4n) is 3.04. The number of anilines is 1. The van der Waals surface area contributed by atoms with E-state index in [1.165, 1.54) is 0 Å². The zero-order chi connectivity index (χ0) is 13.5. The van der Waals surface area contributed by atoms with Gasteiger partial charge in [-0.25, -0.2) is 0 Å². The van der Waals surface area contributed by atoms with E-state index in [9.17, 15) is 9.59 Å². The summed E-state index contributed by atoms with van der Waals surface area (Å²) < 4.78 is 0. The zero-order valence-electron chi connectivity index (χ0n) is 10.9. The molecule has 2 amide bonds. The van der Waals surface area contributed by atoms with Crippen molar-refractivity contribution in [3.8, 4) is 0 Å². The van der Waals surface area contributed by atoms with Gasteiger partial charge in [0.15, 0.2) is 0 Å². The second-order valence-electron chi connectivity index (χ2n) is 5.22. The first-order chi connectivity index (χ1) is 9.12. The molecule has 2 aliphatic heterocycles. The monoisotopic (exact) mass is 279 g/mol. The first-order valence-electron chi connectivity index (χ1n) is 6.44. The molecule has 0 saturated carbocycles. The fraction of sp³-hybridized carbons (Fsp3) is 0.538. The number of nitrogens with one attached hydrogen (secondary N) is 1. The van der Waals surface area contributed by atoms with Crippen molar-refractivity contribution in [2.75, 3.05) is 31.1 Å². The van der Waals surface area contributed by atoms with E-state index >= 15 is 0 Å². The number of nitrogens with zero attached hydrogens (tertiary/aromatic N) is 2. The molecule has 1 aromatic rings. The molecule has 6 heteroatoms. The summed E-state index contributed by atoms with van der Waals surface area (Å²) in [6.45, 7) is 3.99. The lowest BCUT2D eigenvalue weighted by Gasteiger charge is -2.47. The third kappa shape index (κ3) is 2.04. The quantitative estimate of drug-likeness (QED) is 0.822. The molecule has 1 atom stereocenters. The van der Waals surface area contributed by atoms with Gasteiger partial charge in [0, 0.05) is 18.8 Å². The Morgan fingerprint density at radius 1 is 1.53 bits per heavy atom. The van der Waals surface area contributed by atoms with E-state index in [-0.39, 0.29) is 23.9 Å². The summed E-state index contributed by atoms with van der Waals surface area (Å²) in [6.07, 6.45) is 0.903. The molecule has 2 aliphatic rings. The Bertz CT molecular complexity index is 494. The summed E-state index contributed by atoms with van der Waals surface area (Å²) in [5.74, 6) is -0.00635. The van der Waals surface area contributed by atoms with Crippen LogP contribution in [0.1, 0.15) is 13.3 Å². The molecule has 0 aliphatic carbocycles. The Hall–Kier alpha value is -1.40. The average molecular weight is 279 g/mol. The van der Waals surface area contributed by atoms with Gasteiger partial charge in [0.1, 0.15) is 6.54 Å². The highest BCUT2D eigenvalue weighted by molar-refractivity contribution is 7.08. The number of carbonyl (C=O) groups excluding carboxylic acids is 2. The minimum absolute atomic E-state index is 0.00567. The molecular weight excluding hydrogens is 262 g/mol. The molecule has 1 spiro atoms. The standard InChI is InChI=1S/C13H17N3O2S/c1-10(17)16-6-12(18)15(11-2-5-19-7-11)9-13(16)3-4-14-8-13/h2,5,7,14H,3-4,6,8-9H2,1H3/t13-/m1/s1. The van der Waals surface area contributed by atoms with Gasteiger partial charge in [-0.3, -0.25) is 9.59 Å². The molecule has 19 heavy (non-hydrogen) atoms. The van der Waals surface area contributed by atoms with Crippen LogP contribution in [0, 0.1) is 0 Å². The second-order valence-corrected chi connectivity index (χ2v) is 6.00. The van der Waals surface area contributed by atoms with Crippen LogP contribution in [0.4, 0.5) is 5.69 Å². The maximum absolute atomic E-state index is 12.3. The zero-order valence-corrected chi connectivity index (χ0v) is 11.7. The number of hydrogen-bond donors (Lipinski definition) is 1. The third-order valence-electron chi connectivity index (χ3n) is 4.04. The van der Waals surface area contributed by atoms with E-state index in [1.54, 1.807) is 23.2 Å². The lowest BCUT2D eigenvalue weighted by atomic mass is 9.92. The lowest BCUT2D eigenvalue weighted by molar-refractivity contribution is -0.142. The van der Waals surface area contributed by atoms with Gasteiger partial charge in [-0.15, -0.1) is 0 Å². The molecule has 0 radical (unpaired) electrons. The van der Waals surface area contributed by atoms with E-state index in [0.29, 0.717) is 6.54 Å². The summed E-state index contributed by atoms with van der Waals surface area (Å²) in [5.41, 5.74) is 0.714. The Morgan fingerprint density at radius 2 is 2.37 bits per heavy atom. The van der Waals surface area contributed by atoms with Crippen molar-refractivity contribution in [2.24, 2.45) is 0 Å². The number of amides is 2. The molecule has 1 aromatic heterocycles. The fourth-order valence-corrected chi connectivity index (χ4v) is 3.69. The van der Waals surface area contributed by atoms with Gasteiger partial charge in [0.2, 0.25) is 11.8 Å². The molecule has 2 fully saturated rings. The van der Waals surface area contributed by atoms with Crippen molar-refractivity contribution in [1.29, 1.82) is 0 Å². The second kappa shape index (κ2) is 4.61. The normalized spacial score (nSPS) is 27.3. The van der Waals surface area contributed by atoms with Crippen LogP contribution in [-0.4, -0.2) is 48.4 Å². The number of carbonyl (C=O) groups is 2. The largest absolute Gasteiger partial charge is 0.325 e. The number of piperazine rings is 1. The summed E-state index contributed by atoms with van der Waals surface area (Å²) in [5, 5.41) is 7.27. The highest BCUT2D eigenvalue weighted by Gasteiger charge is 2.48. The summed E-state index contributed by atoms with van der Waals surface area (Å²) in [4.78, 5) is 27.7.